The summed E-state index contributed by atoms with van der Waals surface area (Å²) in [7, 11) is 0. The van der Waals surface area contributed by atoms with Crippen LogP contribution in [0.25, 0.3) is 0 Å². The van der Waals surface area contributed by atoms with E-state index < -0.39 is 5.38 Å². The minimum Gasteiger partial charge on any atom is -0.324 e. The summed E-state index contributed by atoms with van der Waals surface area (Å²) in [6, 6.07) is 5.14. The highest BCUT2D eigenvalue weighted by molar-refractivity contribution is 9.10. The van der Waals surface area contributed by atoms with Crippen molar-refractivity contribution in [3.63, 3.8) is 0 Å². The molecule has 1 amide bonds. The molecule has 0 aromatic heterocycles. The molecule has 5 heteroatoms. The highest BCUT2D eigenvalue weighted by Gasteiger charge is 2.10. The molecule has 0 aliphatic carbocycles. The van der Waals surface area contributed by atoms with Gasteiger partial charge in [-0.05, 0) is 41.1 Å². The van der Waals surface area contributed by atoms with Crippen LogP contribution < -0.4 is 5.32 Å². The first-order valence-corrected chi connectivity index (χ1v) is 5.51. The van der Waals surface area contributed by atoms with Crippen molar-refractivity contribution >= 4 is 50.7 Å². The van der Waals surface area contributed by atoms with Gasteiger partial charge in [0, 0.05) is 9.50 Å². The van der Waals surface area contributed by atoms with Crippen LogP contribution in [0.3, 0.4) is 0 Å². The van der Waals surface area contributed by atoms with E-state index >= 15 is 0 Å². The summed E-state index contributed by atoms with van der Waals surface area (Å²) in [6.45, 7) is 1.61. The number of hydrogen-bond acceptors (Lipinski definition) is 1. The van der Waals surface area contributed by atoms with Gasteiger partial charge in [-0.1, -0.05) is 11.6 Å². The lowest BCUT2D eigenvalue weighted by Gasteiger charge is -2.08. The molecule has 0 bridgehead atoms. The molecular formula is C9H8BrCl2NO. The van der Waals surface area contributed by atoms with E-state index in [1.807, 2.05) is 0 Å². The second-order valence-electron chi connectivity index (χ2n) is 2.73. The monoisotopic (exact) mass is 295 g/mol. The SMILES string of the molecule is CC(Cl)C(=O)Nc1cc(Cl)ccc1Br. The summed E-state index contributed by atoms with van der Waals surface area (Å²) < 4.78 is 0.771. The number of amides is 1. The maximum atomic E-state index is 11.3. The molecular weight excluding hydrogens is 289 g/mol. The van der Waals surface area contributed by atoms with Crippen molar-refractivity contribution in [2.45, 2.75) is 12.3 Å². The average molecular weight is 297 g/mol. The Morgan fingerprint density at radius 2 is 2.21 bits per heavy atom. The highest BCUT2D eigenvalue weighted by Crippen LogP contribution is 2.26. The molecule has 1 atom stereocenters. The molecule has 76 valence electrons. The van der Waals surface area contributed by atoms with Gasteiger partial charge < -0.3 is 5.32 Å². The van der Waals surface area contributed by atoms with Crippen LogP contribution in [0.4, 0.5) is 5.69 Å². The Hall–Kier alpha value is -0.250. The maximum absolute atomic E-state index is 11.3. The van der Waals surface area contributed by atoms with Crippen LogP contribution in [0, 0.1) is 0 Å². The van der Waals surface area contributed by atoms with E-state index in [1.54, 1.807) is 25.1 Å². The van der Waals surface area contributed by atoms with Crippen molar-refractivity contribution in [1.29, 1.82) is 0 Å². The van der Waals surface area contributed by atoms with Crippen LogP contribution in [0.1, 0.15) is 6.92 Å². The maximum Gasteiger partial charge on any atom is 0.242 e. The molecule has 2 nitrogen and oxygen atoms in total. The Kier molecular flexibility index (Phi) is 4.23. The van der Waals surface area contributed by atoms with Gasteiger partial charge in [-0.15, -0.1) is 11.6 Å². The summed E-state index contributed by atoms with van der Waals surface area (Å²) in [5.41, 5.74) is 0.620. The van der Waals surface area contributed by atoms with Gasteiger partial charge in [-0.25, -0.2) is 0 Å². The fraction of sp³-hybridized carbons (Fsp3) is 0.222. The van der Waals surface area contributed by atoms with Crippen LogP contribution in [0.5, 0.6) is 0 Å². The van der Waals surface area contributed by atoms with E-state index in [9.17, 15) is 4.79 Å². The number of anilines is 1. The van der Waals surface area contributed by atoms with Gasteiger partial charge in [-0.3, -0.25) is 4.79 Å². The number of halogens is 3. The van der Waals surface area contributed by atoms with E-state index in [2.05, 4.69) is 21.2 Å². The average Bonchev–Trinajstić information content (AvgIpc) is 2.11. The normalized spacial score (nSPS) is 12.3. The van der Waals surface area contributed by atoms with E-state index in [0.717, 1.165) is 4.47 Å². The van der Waals surface area contributed by atoms with Crippen LogP contribution in [-0.2, 0) is 4.79 Å². The zero-order valence-corrected chi connectivity index (χ0v) is 10.4. The number of carbonyl (C=O) groups is 1. The second kappa shape index (κ2) is 5.01. The molecule has 0 aliphatic rings. The van der Waals surface area contributed by atoms with Gasteiger partial charge >= 0.3 is 0 Å². The van der Waals surface area contributed by atoms with Crippen molar-refractivity contribution in [2.24, 2.45) is 0 Å². The van der Waals surface area contributed by atoms with Crippen molar-refractivity contribution in [1.82, 2.24) is 0 Å². The van der Waals surface area contributed by atoms with Crippen LogP contribution in [-0.4, -0.2) is 11.3 Å². The van der Waals surface area contributed by atoms with Crippen molar-refractivity contribution in [2.75, 3.05) is 5.32 Å². The number of alkyl halides is 1. The lowest BCUT2D eigenvalue weighted by atomic mass is 10.3. The topological polar surface area (TPSA) is 29.1 Å². The molecule has 0 fully saturated rings. The van der Waals surface area contributed by atoms with Crippen molar-refractivity contribution in [3.8, 4) is 0 Å². The predicted octanol–water partition coefficient (Wildman–Crippen LogP) is 3.67. The summed E-state index contributed by atoms with van der Waals surface area (Å²) in [5, 5.41) is 2.64. The van der Waals surface area contributed by atoms with Gasteiger partial charge in [-0.2, -0.15) is 0 Å². The first kappa shape index (κ1) is 11.8. The fourth-order valence-electron chi connectivity index (χ4n) is 0.825. The third-order valence-electron chi connectivity index (χ3n) is 1.55. The molecule has 14 heavy (non-hydrogen) atoms. The van der Waals surface area contributed by atoms with E-state index in [1.165, 1.54) is 0 Å². The van der Waals surface area contributed by atoms with E-state index in [-0.39, 0.29) is 5.91 Å². The van der Waals surface area contributed by atoms with Crippen LogP contribution >= 0.6 is 39.1 Å². The van der Waals surface area contributed by atoms with E-state index in [0.29, 0.717) is 10.7 Å². The molecule has 0 saturated heterocycles. The van der Waals surface area contributed by atoms with Crippen LogP contribution in [0.15, 0.2) is 22.7 Å². The molecule has 0 saturated carbocycles. The number of carbonyl (C=O) groups excluding carboxylic acids is 1. The Morgan fingerprint density at radius 1 is 1.57 bits per heavy atom. The minimum absolute atomic E-state index is 0.255. The first-order valence-electron chi connectivity index (χ1n) is 3.90. The minimum atomic E-state index is -0.569. The number of benzene rings is 1. The summed E-state index contributed by atoms with van der Waals surface area (Å²) in [6.07, 6.45) is 0. The van der Waals surface area contributed by atoms with Crippen molar-refractivity contribution in [3.05, 3.63) is 27.7 Å². The Bertz CT molecular complexity index is 355. The number of nitrogens with one attached hydrogen (secondary N) is 1. The predicted molar refractivity (Wildman–Crippen MR) is 63.1 cm³/mol. The molecule has 1 unspecified atom stereocenters. The molecule has 1 aromatic carbocycles. The Balaban J connectivity index is 2.86. The summed E-state index contributed by atoms with van der Waals surface area (Å²) in [4.78, 5) is 11.3. The molecule has 0 radical (unpaired) electrons. The zero-order valence-electron chi connectivity index (χ0n) is 7.35. The molecule has 1 aromatic rings. The Morgan fingerprint density at radius 3 is 2.79 bits per heavy atom. The lowest BCUT2D eigenvalue weighted by molar-refractivity contribution is -0.115. The number of hydrogen-bond donors (Lipinski definition) is 1. The summed E-state index contributed by atoms with van der Waals surface area (Å²) >= 11 is 14.7. The van der Waals surface area contributed by atoms with Crippen LogP contribution in [0.2, 0.25) is 5.02 Å². The molecule has 1 N–H and O–H groups in total. The second-order valence-corrected chi connectivity index (χ2v) is 4.67. The van der Waals surface area contributed by atoms with Gasteiger partial charge in [0.25, 0.3) is 0 Å². The van der Waals surface area contributed by atoms with E-state index in [4.69, 9.17) is 23.2 Å². The number of rotatable bonds is 2. The first-order chi connectivity index (χ1) is 6.50. The molecule has 0 spiro atoms. The van der Waals surface area contributed by atoms with Gasteiger partial charge in [0.15, 0.2) is 0 Å². The lowest BCUT2D eigenvalue weighted by Crippen LogP contribution is -2.20. The summed E-state index contributed by atoms with van der Waals surface area (Å²) in [5.74, 6) is -0.255. The quantitative estimate of drug-likeness (QED) is 0.829. The highest BCUT2D eigenvalue weighted by atomic mass is 79.9. The van der Waals surface area contributed by atoms with Crippen molar-refractivity contribution < 1.29 is 4.79 Å². The third kappa shape index (κ3) is 3.15. The largest absolute Gasteiger partial charge is 0.324 e. The van der Waals surface area contributed by atoms with Gasteiger partial charge in [0.2, 0.25) is 5.91 Å². The molecule has 0 heterocycles. The standard InChI is InChI=1S/C9H8BrCl2NO/c1-5(11)9(14)13-8-4-6(12)2-3-7(8)10/h2-5H,1H3,(H,13,14). The Labute approximate surface area is 101 Å². The smallest absolute Gasteiger partial charge is 0.242 e. The molecule has 0 aliphatic heterocycles. The molecule has 1 rings (SSSR count). The fourth-order valence-corrected chi connectivity index (χ4v) is 1.40. The van der Waals surface area contributed by atoms with Gasteiger partial charge in [0.1, 0.15) is 5.38 Å². The zero-order chi connectivity index (χ0) is 10.7. The van der Waals surface area contributed by atoms with Gasteiger partial charge in [0.05, 0.1) is 5.69 Å². The third-order valence-corrected chi connectivity index (χ3v) is 2.67.